The normalized spacial score (nSPS) is 18.1. The second-order valence-electron chi connectivity index (χ2n) is 7.76. The van der Waals surface area contributed by atoms with Crippen LogP contribution in [-0.4, -0.2) is 81.7 Å². The zero-order valence-corrected chi connectivity index (χ0v) is 18.3. The molecule has 154 valence electrons. The molecular weight excluding hydrogens is 350 g/mol. The minimum absolute atomic E-state index is 0.490. The molecule has 0 radical (unpaired) electrons. The standard InChI is InChI=1S/C18H39N5O2S/c1-15(2)23(16(3)4)11-7-10-20-18(19-5)21-14-17-8-12-22(13-9-17)26(6,24)25/h15-17H,7-14H2,1-6H3,(H2,19,20,21). The number of sulfonamides is 1. The summed E-state index contributed by atoms with van der Waals surface area (Å²) < 4.78 is 24.7. The molecule has 0 aromatic heterocycles. The van der Waals surface area contributed by atoms with Gasteiger partial charge in [-0.25, -0.2) is 12.7 Å². The molecule has 2 N–H and O–H groups in total. The van der Waals surface area contributed by atoms with E-state index in [1.54, 1.807) is 11.4 Å². The molecule has 1 saturated heterocycles. The second kappa shape index (κ2) is 11.1. The van der Waals surface area contributed by atoms with Gasteiger partial charge in [0.2, 0.25) is 10.0 Å². The Kier molecular flexibility index (Phi) is 9.89. The van der Waals surface area contributed by atoms with Crippen LogP contribution in [0.3, 0.4) is 0 Å². The molecule has 1 aliphatic heterocycles. The lowest BCUT2D eigenvalue weighted by molar-refractivity contribution is 0.173. The Bertz CT molecular complexity index is 518. The molecule has 0 bridgehead atoms. The van der Waals surface area contributed by atoms with Crippen molar-refractivity contribution < 1.29 is 8.42 Å². The number of hydrogen-bond donors (Lipinski definition) is 2. The van der Waals surface area contributed by atoms with Gasteiger partial charge in [-0.2, -0.15) is 0 Å². The predicted molar refractivity (Wildman–Crippen MR) is 110 cm³/mol. The summed E-state index contributed by atoms with van der Waals surface area (Å²) >= 11 is 0. The van der Waals surface area contributed by atoms with E-state index in [4.69, 9.17) is 0 Å². The maximum atomic E-state index is 11.6. The van der Waals surface area contributed by atoms with Crippen LogP contribution in [0.4, 0.5) is 0 Å². The van der Waals surface area contributed by atoms with Crippen LogP contribution in [0.15, 0.2) is 4.99 Å². The highest BCUT2D eigenvalue weighted by Crippen LogP contribution is 2.18. The minimum atomic E-state index is -3.05. The van der Waals surface area contributed by atoms with Crippen LogP contribution in [0.1, 0.15) is 47.0 Å². The molecule has 0 spiro atoms. The maximum absolute atomic E-state index is 11.6. The van der Waals surface area contributed by atoms with E-state index in [0.717, 1.165) is 44.9 Å². The summed E-state index contributed by atoms with van der Waals surface area (Å²) in [6, 6.07) is 1.12. The van der Waals surface area contributed by atoms with Crippen LogP contribution in [0.2, 0.25) is 0 Å². The van der Waals surface area contributed by atoms with Crippen molar-refractivity contribution in [2.75, 3.05) is 46.0 Å². The summed E-state index contributed by atoms with van der Waals surface area (Å²) in [5.41, 5.74) is 0. The van der Waals surface area contributed by atoms with Crippen molar-refractivity contribution in [2.45, 2.75) is 59.0 Å². The molecule has 0 amide bonds. The van der Waals surface area contributed by atoms with Crippen molar-refractivity contribution in [3.05, 3.63) is 0 Å². The van der Waals surface area contributed by atoms with Gasteiger partial charge in [-0.15, -0.1) is 0 Å². The smallest absolute Gasteiger partial charge is 0.211 e. The summed E-state index contributed by atoms with van der Waals surface area (Å²) in [5, 5.41) is 6.76. The molecule has 0 aliphatic carbocycles. The lowest BCUT2D eigenvalue weighted by Crippen LogP contribution is -2.44. The van der Waals surface area contributed by atoms with Crippen LogP contribution in [0, 0.1) is 5.92 Å². The summed E-state index contributed by atoms with van der Waals surface area (Å²) in [6.07, 6.45) is 4.16. The first-order valence-electron chi connectivity index (χ1n) is 9.80. The number of nitrogens with one attached hydrogen (secondary N) is 2. The van der Waals surface area contributed by atoms with E-state index in [9.17, 15) is 8.42 Å². The SMILES string of the molecule is CN=C(NCCCN(C(C)C)C(C)C)NCC1CCN(S(C)(=O)=O)CC1. The van der Waals surface area contributed by atoms with Crippen molar-refractivity contribution in [1.29, 1.82) is 0 Å². The third-order valence-corrected chi connectivity index (χ3v) is 6.34. The Morgan fingerprint density at radius 3 is 2.19 bits per heavy atom. The molecule has 1 aliphatic rings. The van der Waals surface area contributed by atoms with Crippen LogP contribution in [0.25, 0.3) is 0 Å². The number of rotatable bonds is 9. The third kappa shape index (κ3) is 8.22. The Labute approximate surface area is 160 Å². The lowest BCUT2D eigenvalue weighted by atomic mass is 9.98. The molecule has 8 heteroatoms. The van der Waals surface area contributed by atoms with Gasteiger partial charge >= 0.3 is 0 Å². The van der Waals surface area contributed by atoms with Crippen molar-refractivity contribution in [3.8, 4) is 0 Å². The van der Waals surface area contributed by atoms with E-state index in [0.29, 0.717) is 31.1 Å². The van der Waals surface area contributed by atoms with E-state index in [1.165, 1.54) is 6.26 Å². The van der Waals surface area contributed by atoms with Crippen LogP contribution < -0.4 is 10.6 Å². The highest BCUT2D eigenvalue weighted by Gasteiger charge is 2.24. The van der Waals surface area contributed by atoms with Gasteiger partial charge in [0.15, 0.2) is 5.96 Å². The van der Waals surface area contributed by atoms with Crippen LogP contribution in [-0.2, 0) is 10.0 Å². The van der Waals surface area contributed by atoms with Gasteiger partial charge in [-0.05, 0) is 52.9 Å². The van der Waals surface area contributed by atoms with E-state index in [-0.39, 0.29) is 0 Å². The molecule has 1 heterocycles. The zero-order chi connectivity index (χ0) is 19.7. The molecule has 0 aromatic rings. The van der Waals surface area contributed by atoms with Crippen LogP contribution in [0.5, 0.6) is 0 Å². The van der Waals surface area contributed by atoms with E-state index in [1.807, 2.05) is 0 Å². The first-order chi connectivity index (χ1) is 12.1. The Morgan fingerprint density at radius 2 is 1.73 bits per heavy atom. The number of guanidine groups is 1. The molecule has 0 atom stereocenters. The van der Waals surface area contributed by atoms with E-state index < -0.39 is 10.0 Å². The summed E-state index contributed by atoms with van der Waals surface area (Å²) in [6.45, 7) is 13.0. The van der Waals surface area contributed by atoms with Gasteiger partial charge in [0.1, 0.15) is 0 Å². The van der Waals surface area contributed by atoms with Crippen LogP contribution >= 0.6 is 0 Å². The number of nitrogens with zero attached hydrogens (tertiary/aromatic N) is 3. The Balaban J connectivity index is 2.26. The average Bonchev–Trinajstić information content (AvgIpc) is 2.56. The van der Waals surface area contributed by atoms with Gasteiger partial charge < -0.3 is 10.6 Å². The number of hydrogen-bond acceptors (Lipinski definition) is 4. The van der Waals surface area contributed by atoms with Gasteiger partial charge in [0, 0.05) is 51.9 Å². The Hall–Kier alpha value is -0.860. The molecule has 0 unspecified atom stereocenters. The molecule has 1 rings (SSSR count). The lowest BCUT2D eigenvalue weighted by Gasteiger charge is -2.31. The second-order valence-corrected chi connectivity index (χ2v) is 9.75. The fourth-order valence-corrected chi connectivity index (χ4v) is 4.36. The third-order valence-electron chi connectivity index (χ3n) is 5.04. The molecule has 7 nitrogen and oxygen atoms in total. The van der Waals surface area contributed by atoms with Gasteiger partial charge in [0.25, 0.3) is 0 Å². The average molecular weight is 390 g/mol. The van der Waals surface area contributed by atoms with Gasteiger partial charge in [-0.1, -0.05) is 0 Å². The zero-order valence-electron chi connectivity index (χ0n) is 17.5. The maximum Gasteiger partial charge on any atom is 0.211 e. The number of aliphatic imine (C=N–C) groups is 1. The molecular formula is C18H39N5O2S. The topological polar surface area (TPSA) is 77.0 Å². The highest BCUT2D eigenvalue weighted by molar-refractivity contribution is 7.88. The quantitative estimate of drug-likeness (QED) is 0.353. The molecule has 1 fully saturated rings. The molecule has 0 aromatic carbocycles. The fraction of sp³-hybridized carbons (Fsp3) is 0.944. The Morgan fingerprint density at radius 1 is 1.15 bits per heavy atom. The summed E-state index contributed by atoms with van der Waals surface area (Å²) in [7, 11) is -1.26. The monoisotopic (exact) mass is 389 g/mol. The van der Waals surface area contributed by atoms with Gasteiger partial charge in [0.05, 0.1) is 6.26 Å². The molecule has 26 heavy (non-hydrogen) atoms. The van der Waals surface area contributed by atoms with Gasteiger partial charge in [-0.3, -0.25) is 9.89 Å². The summed E-state index contributed by atoms with van der Waals surface area (Å²) in [4.78, 5) is 6.78. The van der Waals surface area contributed by atoms with Crippen molar-refractivity contribution in [2.24, 2.45) is 10.9 Å². The number of piperidine rings is 1. The summed E-state index contributed by atoms with van der Waals surface area (Å²) in [5.74, 6) is 1.32. The first-order valence-corrected chi connectivity index (χ1v) is 11.6. The van der Waals surface area contributed by atoms with Crippen molar-refractivity contribution in [1.82, 2.24) is 19.8 Å². The van der Waals surface area contributed by atoms with E-state index in [2.05, 4.69) is 48.2 Å². The highest BCUT2D eigenvalue weighted by atomic mass is 32.2. The van der Waals surface area contributed by atoms with Crippen molar-refractivity contribution in [3.63, 3.8) is 0 Å². The largest absolute Gasteiger partial charge is 0.356 e. The predicted octanol–water partition coefficient (Wildman–Crippen LogP) is 1.33. The van der Waals surface area contributed by atoms with E-state index >= 15 is 0 Å². The minimum Gasteiger partial charge on any atom is -0.356 e. The van der Waals surface area contributed by atoms with Crippen molar-refractivity contribution >= 4 is 16.0 Å². The first kappa shape index (κ1) is 23.2. The fourth-order valence-electron chi connectivity index (χ4n) is 3.49. The molecule has 0 saturated carbocycles.